The normalized spacial score (nSPS) is 25.1. The summed E-state index contributed by atoms with van der Waals surface area (Å²) in [5, 5.41) is 0. The Morgan fingerprint density at radius 2 is 2.33 bits per heavy atom. The van der Waals surface area contributed by atoms with Crippen LogP contribution in [0.25, 0.3) is 0 Å². The number of nitrogens with zero attached hydrogens (tertiary/aromatic N) is 1. The average Bonchev–Trinajstić information content (AvgIpc) is 2.57. The maximum Gasteiger partial charge on any atom is 0.524 e. The van der Waals surface area contributed by atoms with E-state index in [0.29, 0.717) is 19.6 Å². The Bertz CT molecular complexity index is 316. The van der Waals surface area contributed by atoms with Gasteiger partial charge >= 0.3 is 12.0 Å². The van der Waals surface area contributed by atoms with Gasteiger partial charge in [0, 0.05) is 6.42 Å². The van der Waals surface area contributed by atoms with Crippen molar-refractivity contribution in [3.8, 4) is 12.3 Å². The van der Waals surface area contributed by atoms with Crippen molar-refractivity contribution in [2.45, 2.75) is 32.7 Å². The Hall–Kier alpha value is -1.34. The highest BCUT2D eigenvalue weighted by Gasteiger charge is 2.52. The maximum absolute atomic E-state index is 12.0. The first-order valence-corrected chi connectivity index (χ1v) is 5.07. The van der Waals surface area contributed by atoms with E-state index in [1.807, 2.05) is 13.8 Å². The minimum atomic E-state index is -0.438. The molecule has 1 atom stereocenters. The smallest absolute Gasteiger partial charge is 0.414 e. The third-order valence-electron chi connectivity index (χ3n) is 2.81. The van der Waals surface area contributed by atoms with Crippen LogP contribution >= 0.6 is 0 Å². The van der Waals surface area contributed by atoms with Gasteiger partial charge in [0.05, 0.1) is 6.42 Å². The lowest BCUT2D eigenvalue weighted by Gasteiger charge is -2.29. The fourth-order valence-corrected chi connectivity index (χ4v) is 1.85. The molecule has 4 heteroatoms. The summed E-state index contributed by atoms with van der Waals surface area (Å²) >= 11 is 0. The Kier molecular flexibility index (Phi) is 3.48. The molecule has 2 amide bonds. The second kappa shape index (κ2) is 4.45. The number of amides is 2. The fraction of sp³-hybridized carbons (Fsp3) is 0.636. The van der Waals surface area contributed by atoms with Gasteiger partial charge in [-0.2, -0.15) is 9.28 Å². The van der Waals surface area contributed by atoms with Crippen LogP contribution in [0.15, 0.2) is 0 Å². The minimum Gasteiger partial charge on any atom is -0.414 e. The Morgan fingerprint density at radius 1 is 1.67 bits per heavy atom. The van der Waals surface area contributed by atoms with Crippen molar-refractivity contribution >= 4 is 12.0 Å². The summed E-state index contributed by atoms with van der Waals surface area (Å²) in [6.07, 6.45) is 5.28. The molecule has 1 fully saturated rings. The van der Waals surface area contributed by atoms with E-state index in [-0.39, 0.29) is 22.9 Å². The predicted molar refractivity (Wildman–Crippen MR) is 54.7 cm³/mol. The third kappa shape index (κ3) is 1.88. The van der Waals surface area contributed by atoms with Gasteiger partial charge in [0.15, 0.2) is 0 Å². The minimum absolute atomic E-state index is 0.0923. The van der Waals surface area contributed by atoms with Crippen LogP contribution in [0.4, 0.5) is 4.79 Å². The van der Waals surface area contributed by atoms with E-state index in [2.05, 4.69) is 5.92 Å². The molecule has 0 radical (unpaired) electrons. The average molecular weight is 210 g/mol. The lowest BCUT2D eigenvalue weighted by molar-refractivity contribution is -0.789. The number of hydrogen-bond acceptors (Lipinski definition) is 3. The zero-order valence-electron chi connectivity index (χ0n) is 9.16. The van der Waals surface area contributed by atoms with E-state index in [0.717, 1.165) is 0 Å². The molecule has 0 bridgehead atoms. The van der Waals surface area contributed by atoms with Crippen LogP contribution in [0.5, 0.6) is 0 Å². The van der Waals surface area contributed by atoms with Gasteiger partial charge in [0.25, 0.3) is 0 Å². The third-order valence-corrected chi connectivity index (χ3v) is 2.81. The second-order valence-corrected chi connectivity index (χ2v) is 3.90. The van der Waals surface area contributed by atoms with Crippen molar-refractivity contribution in [1.82, 2.24) is 0 Å². The zero-order chi connectivity index (χ0) is 11.5. The topological polar surface area (TPSA) is 43.4 Å². The molecule has 0 saturated carbocycles. The van der Waals surface area contributed by atoms with Crippen molar-refractivity contribution in [3.63, 3.8) is 0 Å². The van der Waals surface area contributed by atoms with Crippen molar-refractivity contribution in [2.75, 3.05) is 13.2 Å². The van der Waals surface area contributed by atoms with E-state index in [1.165, 1.54) is 0 Å². The van der Waals surface area contributed by atoms with Crippen LogP contribution in [0.3, 0.4) is 0 Å². The monoisotopic (exact) mass is 210 g/mol. The number of ether oxygens (including phenoxy) is 1. The van der Waals surface area contributed by atoms with Crippen molar-refractivity contribution in [3.05, 3.63) is 0 Å². The number of rotatable bonds is 3. The summed E-state index contributed by atoms with van der Waals surface area (Å²) in [6.45, 7) is 4.44. The lowest BCUT2D eigenvalue weighted by Crippen LogP contribution is -2.58. The number of carbonyl (C=O) groups is 2. The number of carbonyl (C=O) groups excluding carboxylic acids is 2. The van der Waals surface area contributed by atoms with Crippen LogP contribution in [0, 0.1) is 12.3 Å². The van der Waals surface area contributed by atoms with Crippen molar-refractivity contribution < 1.29 is 18.8 Å². The molecule has 82 valence electrons. The molecule has 0 aromatic carbocycles. The molecule has 1 rings (SSSR count). The zero-order valence-corrected chi connectivity index (χ0v) is 9.16. The first-order chi connectivity index (χ1) is 7.05. The van der Waals surface area contributed by atoms with Gasteiger partial charge in [-0.05, 0) is 13.8 Å². The summed E-state index contributed by atoms with van der Waals surface area (Å²) < 4.78 is 4.69. The molecular weight excluding hydrogens is 194 g/mol. The predicted octanol–water partition coefficient (Wildman–Crippen LogP) is 1.30. The second-order valence-electron chi connectivity index (χ2n) is 3.90. The number of imide groups is 1. The van der Waals surface area contributed by atoms with Gasteiger partial charge in [-0.15, -0.1) is 12.3 Å². The summed E-state index contributed by atoms with van der Waals surface area (Å²) in [4.78, 5) is 23.6. The first kappa shape index (κ1) is 11.7. The number of hydrogen-bond donors (Lipinski definition) is 0. The van der Waals surface area contributed by atoms with Gasteiger partial charge in [-0.25, -0.2) is 4.79 Å². The number of cyclic esters (lactones) is 1. The van der Waals surface area contributed by atoms with Crippen LogP contribution in [0.1, 0.15) is 26.7 Å². The van der Waals surface area contributed by atoms with Gasteiger partial charge in [-0.1, -0.05) is 0 Å². The molecule has 1 unspecified atom stereocenters. The fourth-order valence-electron chi connectivity index (χ4n) is 1.85. The molecule has 0 spiro atoms. The van der Waals surface area contributed by atoms with Gasteiger partial charge in [0.1, 0.15) is 19.2 Å². The summed E-state index contributed by atoms with van der Waals surface area (Å²) in [5.41, 5.74) is 0. The maximum atomic E-state index is 12.0. The van der Waals surface area contributed by atoms with E-state index < -0.39 is 6.09 Å². The van der Waals surface area contributed by atoms with Gasteiger partial charge in [-0.3, -0.25) is 0 Å². The quantitative estimate of drug-likeness (QED) is 0.521. The largest absolute Gasteiger partial charge is 0.524 e. The van der Waals surface area contributed by atoms with Crippen molar-refractivity contribution in [1.29, 1.82) is 0 Å². The molecule has 0 aromatic rings. The summed E-state index contributed by atoms with van der Waals surface area (Å²) in [7, 11) is 0. The van der Waals surface area contributed by atoms with E-state index in [1.54, 1.807) is 0 Å². The summed E-state index contributed by atoms with van der Waals surface area (Å²) in [5.74, 6) is 2.28. The highest BCUT2D eigenvalue weighted by Crippen LogP contribution is 2.23. The standard InChI is InChI=1S/C11H16NO3/c1-4-5-6-10(13)12(9(2)3)7-8-15-11(12)14/h1,9H,5-8H2,2-3H3/q+1. The molecule has 0 aliphatic carbocycles. The highest BCUT2D eigenvalue weighted by atomic mass is 16.6. The SMILES string of the molecule is C#CCCC(=O)[N+]1(C(C)C)CCOC1=O. The highest BCUT2D eigenvalue weighted by molar-refractivity contribution is 5.82. The van der Waals surface area contributed by atoms with Gasteiger partial charge in [0.2, 0.25) is 0 Å². The Morgan fingerprint density at radius 3 is 2.73 bits per heavy atom. The molecule has 1 aliphatic rings. The molecule has 1 saturated heterocycles. The Labute approximate surface area is 89.8 Å². The van der Waals surface area contributed by atoms with Crippen LogP contribution < -0.4 is 0 Å². The molecule has 1 heterocycles. The lowest BCUT2D eigenvalue weighted by atomic mass is 10.2. The molecule has 4 nitrogen and oxygen atoms in total. The van der Waals surface area contributed by atoms with E-state index in [4.69, 9.17) is 11.2 Å². The van der Waals surface area contributed by atoms with Crippen LogP contribution in [-0.4, -0.2) is 35.7 Å². The van der Waals surface area contributed by atoms with Crippen LogP contribution in [-0.2, 0) is 9.53 Å². The molecular formula is C11H16NO3+. The molecule has 15 heavy (non-hydrogen) atoms. The number of terminal acetylenes is 1. The molecule has 1 aliphatic heterocycles. The molecule has 0 N–H and O–H groups in total. The number of quaternary nitrogens is 1. The Balaban J connectivity index is 2.88. The summed E-state index contributed by atoms with van der Waals surface area (Å²) in [6, 6.07) is -0.0923. The van der Waals surface area contributed by atoms with Crippen LogP contribution in [0.2, 0.25) is 0 Å². The molecule has 0 aromatic heterocycles. The first-order valence-electron chi connectivity index (χ1n) is 5.07. The van der Waals surface area contributed by atoms with Crippen molar-refractivity contribution in [2.24, 2.45) is 0 Å². The van der Waals surface area contributed by atoms with Gasteiger partial charge < -0.3 is 4.74 Å². The van der Waals surface area contributed by atoms with E-state index >= 15 is 0 Å². The van der Waals surface area contributed by atoms with E-state index in [9.17, 15) is 9.59 Å².